The first kappa shape index (κ1) is 12.8. The summed E-state index contributed by atoms with van der Waals surface area (Å²) < 4.78 is 38.8. The molecule has 0 aromatic rings. The Morgan fingerprint density at radius 3 is 2.13 bits per heavy atom. The standard InChI is InChI=1S/C10H19F3N2/c1-8(2)15-6-5-14(4)9(3,7-15)10(11,12)13/h8H,5-7H2,1-4H3. The van der Waals surface area contributed by atoms with Gasteiger partial charge in [0.05, 0.1) is 0 Å². The Balaban J connectivity index is 2.86. The van der Waals surface area contributed by atoms with Crippen LogP contribution < -0.4 is 0 Å². The molecule has 0 aromatic heterocycles. The molecule has 2 nitrogen and oxygen atoms in total. The second-order valence-corrected chi connectivity index (χ2v) is 4.76. The van der Waals surface area contributed by atoms with Crippen LogP contribution >= 0.6 is 0 Å². The maximum absolute atomic E-state index is 12.9. The molecule has 1 atom stereocenters. The van der Waals surface area contributed by atoms with Crippen molar-refractivity contribution in [1.29, 1.82) is 0 Å². The molecule has 0 aromatic carbocycles. The van der Waals surface area contributed by atoms with Crippen LogP contribution in [0.4, 0.5) is 13.2 Å². The first-order valence-electron chi connectivity index (χ1n) is 5.20. The monoisotopic (exact) mass is 224 g/mol. The molecule has 15 heavy (non-hydrogen) atoms. The van der Waals surface area contributed by atoms with E-state index in [1.165, 1.54) is 11.8 Å². The normalized spacial score (nSPS) is 31.2. The van der Waals surface area contributed by atoms with Gasteiger partial charge in [-0.25, -0.2) is 0 Å². The summed E-state index contributed by atoms with van der Waals surface area (Å²) in [5.74, 6) is 0. The van der Waals surface area contributed by atoms with Gasteiger partial charge < -0.3 is 0 Å². The van der Waals surface area contributed by atoms with E-state index in [2.05, 4.69) is 0 Å². The van der Waals surface area contributed by atoms with Gasteiger partial charge in [-0.2, -0.15) is 13.2 Å². The lowest BCUT2D eigenvalue weighted by atomic mass is 9.95. The Hall–Kier alpha value is -0.290. The fraction of sp³-hybridized carbons (Fsp3) is 1.00. The molecule has 0 N–H and O–H groups in total. The van der Waals surface area contributed by atoms with Crippen molar-refractivity contribution in [1.82, 2.24) is 9.80 Å². The fourth-order valence-corrected chi connectivity index (χ4v) is 1.87. The molecule has 1 unspecified atom stereocenters. The van der Waals surface area contributed by atoms with Gasteiger partial charge in [0.25, 0.3) is 0 Å². The maximum Gasteiger partial charge on any atom is 0.407 e. The predicted octanol–water partition coefficient (Wildman–Crippen LogP) is 1.96. The summed E-state index contributed by atoms with van der Waals surface area (Å²) in [4.78, 5) is 3.29. The van der Waals surface area contributed by atoms with Crippen LogP contribution in [-0.2, 0) is 0 Å². The molecule has 90 valence electrons. The van der Waals surface area contributed by atoms with Gasteiger partial charge >= 0.3 is 6.18 Å². The zero-order chi connectivity index (χ0) is 11.9. The summed E-state index contributed by atoms with van der Waals surface area (Å²) in [7, 11) is 1.55. The lowest BCUT2D eigenvalue weighted by Crippen LogP contribution is -2.67. The van der Waals surface area contributed by atoms with Crippen LogP contribution in [0.25, 0.3) is 0 Å². The minimum Gasteiger partial charge on any atom is -0.297 e. The number of rotatable bonds is 1. The molecule has 1 saturated heterocycles. The average molecular weight is 224 g/mol. The third-order valence-electron chi connectivity index (χ3n) is 3.42. The SMILES string of the molecule is CC(C)N1CCN(C)C(C)(C(F)(F)F)C1. The van der Waals surface area contributed by atoms with Crippen LogP contribution in [0.3, 0.4) is 0 Å². The number of piperazine rings is 1. The molecule has 0 radical (unpaired) electrons. The largest absolute Gasteiger partial charge is 0.407 e. The van der Waals surface area contributed by atoms with E-state index in [0.717, 1.165) is 0 Å². The van der Waals surface area contributed by atoms with Crippen LogP contribution in [0.15, 0.2) is 0 Å². The number of alkyl halides is 3. The molecule has 1 fully saturated rings. The zero-order valence-electron chi connectivity index (χ0n) is 9.73. The number of hydrogen-bond acceptors (Lipinski definition) is 2. The molecule has 0 saturated carbocycles. The molecule has 1 aliphatic heterocycles. The maximum atomic E-state index is 12.9. The summed E-state index contributed by atoms with van der Waals surface area (Å²) in [5, 5.41) is 0. The Bertz CT molecular complexity index is 227. The summed E-state index contributed by atoms with van der Waals surface area (Å²) >= 11 is 0. The molecule has 1 rings (SSSR count). The average Bonchev–Trinajstić information content (AvgIpc) is 2.07. The lowest BCUT2D eigenvalue weighted by Gasteiger charge is -2.49. The molecule has 1 heterocycles. The summed E-state index contributed by atoms with van der Waals surface area (Å²) in [5.41, 5.74) is -1.71. The first-order valence-corrected chi connectivity index (χ1v) is 5.20. The van der Waals surface area contributed by atoms with Crippen LogP contribution in [0.2, 0.25) is 0 Å². The van der Waals surface area contributed by atoms with Gasteiger partial charge in [-0.1, -0.05) is 0 Å². The Kier molecular flexibility index (Phi) is 3.36. The first-order chi connectivity index (χ1) is 6.68. The van der Waals surface area contributed by atoms with E-state index in [-0.39, 0.29) is 12.6 Å². The third-order valence-corrected chi connectivity index (χ3v) is 3.42. The van der Waals surface area contributed by atoms with Crippen molar-refractivity contribution in [2.45, 2.75) is 38.5 Å². The van der Waals surface area contributed by atoms with E-state index in [1.54, 1.807) is 7.05 Å². The van der Waals surface area contributed by atoms with Gasteiger partial charge in [-0.3, -0.25) is 9.80 Å². The molecular formula is C10H19F3N2. The number of halogens is 3. The smallest absolute Gasteiger partial charge is 0.297 e. The van der Waals surface area contributed by atoms with Crippen molar-refractivity contribution in [3.63, 3.8) is 0 Å². The molecule has 1 aliphatic rings. The number of hydrogen-bond donors (Lipinski definition) is 0. The van der Waals surface area contributed by atoms with Crippen LogP contribution in [0.1, 0.15) is 20.8 Å². The second-order valence-electron chi connectivity index (χ2n) is 4.76. The molecular weight excluding hydrogens is 205 g/mol. The molecule has 5 heteroatoms. The van der Waals surface area contributed by atoms with E-state index >= 15 is 0 Å². The summed E-state index contributed by atoms with van der Waals surface area (Å²) in [6.07, 6.45) is -4.17. The van der Waals surface area contributed by atoms with Gasteiger partial charge in [0.1, 0.15) is 5.54 Å². The highest BCUT2D eigenvalue weighted by atomic mass is 19.4. The third kappa shape index (κ3) is 2.28. The van der Waals surface area contributed by atoms with Crippen molar-refractivity contribution in [2.24, 2.45) is 0 Å². The fourth-order valence-electron chi connectivity index (χ4n) is 1.87. The second kappa shape index (κ2) is 3.94. The van der Waals surface area contributed by atoms with Gasteiger partial charge in [-0.05, 0) is 27.8 Å². The van der Waals surface area contributed by atoms with Gasteiger partial charge in [0, 0.05) is 25.7 Å². The van der Waals surface area contributed by atoms with E-state index in [9.17, 15) is 13.2 Å². The van der Waals surface area contributed by atoms with Crippen molar-refractivity contribution in [3.05, 3.63) is 0 Å². The summed E-state index contributed by atoms with van der Waals surface area (Å²) in [6.45, 7) is 6.38. The minimum atomic E-state index is -4.17. The van der Waals surface area contributed by atoms with Gasteiger partial charge in [0.15, 0.2) is 0 Å². The van der Waals surface area contributed by atoms with E-state index in [4.69, 9.17) is 0 Å². The van der Waals surface area contributed by atoms with Crippen LogP contribution in [0.5, 0.6) is 0 Å². The van der Waals surface area contributed by atoms with Crippen molar-refractivity contribution in [2.75, 3.05) is 26.7 Å². The van der Waals surface area contributed by atoms with Crippen LogP contribution in [0, 0.1) is 0 Å². The Morgan fingerprint density at radius 1 is 1.20 bits per heavy atom. The van der Waals surface area contributed by atoms with E-state index in [1.807, 2.05) is 18.7 Å². The zero-order valence-corrected chi connectivity index (χ0v) is 9.73. The number of likely N-dealkylation sites (N-methyl/N-ethyl adjacent to an activating group) is 1. The minimum absolute atomic E-state index is 0.0602. The van der Waals surface area contributed by atoms with Crippen LogP contribution in [-0.4, -0.2) is 54.2 Å². The van der Waals surface area contributed by atoms with Crippen molar-refractivity contribution >= 4 is 0 Å². The molecule has 0 aliphatic carbocycles. The Morgan fingerprint density at radius 2 is 1.73 bits per heavy atom. The van der Waals surface area contributed by atoms with Gasteiger partial charge in [0.2, 0.25) is 0 Å². The van der Waals surface area contributed by atoms with Crippen molar-refractivity contribution in [3.8, 4) is 0 Å². The van der Waals surface area contributed by atoms with Crippen molar-refractivity contribution < 1.29 is 13.2 Å². The van der Waals surface area contributed by atoms with Gasteiger partial charge in [-0.15, -0.1) is 0 Å². The molecule has 0 amide bonds. The summed E-state index contributed by atoms with van der Waals surface area (Å²) in [6, 6.07) is 0.167. The topological polar surface area (TPSA) is 6.48 Å². The van der Waals surface area contributed by atoms with E-state index in [0.29, 0.717) is 13.1 Å². The highest BCUT2D eigenvalue weighted by Gasteiger charge is 2.56. The highest BCUT2D eigenvalue weighted by molar-refractivity contribution is 4.98. The molecule has 0 bridgehead atoms. The van der Waals surface area contributed by atoms with E-state index < -0.39 is 11.7 Å². The lowest BCUT2D eigenvalue weighted by molar-refractivity contribution is -0.238. The number of nitrogens with zero attached hydrogens (tertiary/aromatic N) is 2. The highest BCUT2D eigenvalue weighted by Crippen LogP contribution is 2.37. The quantitative estimate of drug-likeness (QED) is 0.672. The Labute approximate surface area is 89.0 Å². The molecule has 0 spiro atoms. The predicted molar refractivity (Wildman–Crippen MR) is 53.8 cm³/mol.